The van der Waals surface area contributed by atoms with Crippen molar-refractivity contribution in [2.24, 2.45) is 0 Å². The van der Waals surface area contributed by atoms with Crippen molar-refractivity contribution in [3.05, 3.63) is 79.4 Å². The van der Waals surface area contributed by atoms with Crippen LogP contribution in [0.4, 0.5) is 5.69 Å². The molecule has 0 aliphatic rings. The molecule has 8 heteroatoms. The summed E-state index contributed by atoms with van der Waals surface area (Å²) in [6.07, 6.45) is 1.91. The zero-order chi connectivity index (χ0) is 24.4. The number of carbonyl (C=O) groups excluding carboxylic acids is 1. The molecular formula is C26H26ClN3O2S2. The van der Waals surface area contributed by atoms with Crippen molar-refractivity contribution in [3.63, 3.8) is 0 Å². The Bertz CT molecular complexity index is 1420. The van der Waals surface area contributed by atoms with E-state index in [2.05, 4.69) is 12.2 Å². The summed E-state index contributed by atoms with van der Waals surface area (Å²) in [7, 11) is 0. The summed E-state index contributed by atoms with van der Waals surface area (Å²) in [5.41, 5.74) is 4.58. The van der Waals surface area contributed by atoms with Gasteiger partial charge in [0.2, 0.25) is 5.91 Å². The number of carbonyl (C=O) groups is 1. The summed E-state index contributed by atoms with van der Waals surface area (Å²) in [5.74, 6) is -0.0238. The fourth-order valence-corrected chi connectivity index (χ4v) is 6.00. The molecule has 4 aromatic rings. The molecule has 34 heavy (non-hydrogen) atoms. The number of amides is 1. The highest BCUT2D eigenvalue weighted by Crippen LogP contribution is 2.31. The lowest BCUT2D eigenvalue weighted by atomic mass is 10.1. The lowest BCUT2D eigenvalue weighted by Crippen LogP contribution is -2.22. The van der Waals surface area contributed by atoms with Gasteiger partial charge in [-0.3, -0.25) is 14.2 Å². The molecule has 0 atom stereocenters. The van der Waals surface area contributed by atoms with Crippen molar-refractivity contribution in [2.45, 2.75) is 45.7 Å². The second-order valence-corrected chi connectivity index (χ2v) is 10.7. The average molecular weight is 512 g/mol. The molecule has 4 rings (SSSR count). The first-order chi connectivity index (χ1) is 16.3. The van der Waals surface area contributed by atoms with Crippen LogP contribution >= 0.6 is 34.7 Å². The molecule has 0 spiro atoms. The molecule has 0 aliphatic heterocycles. The predicted molar refractivity (Wildman–Crippen MR) is 144 cm³/mol. The zero-order valence-corrected chi connectivity index (χ0v) is 22.0. The quantitative estimate of drug-likeness (QED) is 0.221. The van der Waals surface area contributed by atoms with Gasteiger partial charge in [0.15, 0.2) is 5.16 Å². The number of hydrogen-bond acceptors (Lipinski definition) is 5. The monoisotopic (exact) mass is 511 g/mol. The van der Waals surface area contributed by atoms with Crippen molar-refractivity contribution in [2.75, 3.05) is 11.1 Å². The van der Waals surface area contributed by atoms with E-state index in [1.165, 1.54) is 22.2 Å². The average Bonchev–Trinajstić information content (AvgIpc) is 3.11. The Hall–Kier alpha value is -2.61. The number of aromatic nitrogens is 2. The van der Waals surface area contributed by atoms with Gasteiger partial charge >= 0.3 is 0 Å². The normalized spacial score (nSPS) is 11.2. The second kappa shape index (κ2) is 10.3. The van der Waals surface area contributed by atoms with Crippen LogP contribution in [0.15, 0.2) is 52.4 Å². The molecule has 0 radical (unpaired) electrons. The number of rotatable bonds is 7. The van der Waals surface area contributed by atoms with Gasteiger partial charge in [0.05, 0.1) is 16.8 Å². The molecule has 0 saturated heterocycles. The van der Waals surface area contributed by atoms with Gasteiger partial charge in [-0.2, -0.15) is 0 Å². The Morgan fingerprint density at radius 1 is 1.12 bits per heavy atom. The van der Waals surface area contributed by atoms with Gasteiger partial charge < -0.3 is 5.32 Å². The van der Waals surface area contributed by atoms with Crippen LogP contribution in [-0.4, -0.2) is 21.2 Å². The van der Waals surface area contributed by atoms with E-state index in [1.54, 1.807) is 40.2 Å². The lowest BCUT2D eigenvalue weighted by Gasteiger charge is -2.13. The molecule has 2 aromatic carbocycles. The fraction of sp³-hybridized carbons (Fsp3) is 0.269. The minimum absolute atomic E-state index is 0.125. The maximum Gasteiger partial charge on any atom is 0.267 e. The molecule has 0 fully saturated rings. The Kier molecular flexibility index (Phi) is 7.45. The van der Waals surface area contributed by atoms with E-state index >= 15 is 0 Å². The van der Waals surface area contributed by atoms with E-state index in [1.807, 2.05) is 39.0 Å². The Morgan fingerprint density at radius 2 is 1.85 bits per heavy atom. The van der Waals surface area contributed by atoms with Crippen molar-refractivity contribution in [1.29, 1.82) is 0 Å². The summed E-state index contributed by atoms with van der Waals surface area (Å²) >= 11 is 8.89. The summed E-state index contributed by atoms with van der Waals surface area (Å²) in [5, 5.41) is 4.66. The minimum atomic E-state index is -0.153. The third-order valence-electron chi connectivity index (χ3n) is 5.72. The maximum absolute atomic E-state index is 13.7. The summed E-state index contributed by atoms with van der Waals surface area (Å²) in [6.45, 7) is 8.16. The molecule has 1 N–H and O–H groups in total. The molecule has 0 aliphatic carbocycles. The molecule has 0 bridgehead atoms. The Balaban J connectivity index is 1.70. The van der Waals surface area contributed by atoms with Gasteiger partial charge in [0.25, 0.3) is 5.56 Å². The molecule has 176 valence electrons. The molecule has 2 aromatic heterocycles. The van der Waals surface area contributed by atoms with Gasteiger partial charge in [0, 0.05) is 15.6 Å². The third kappa shape index (κ3) is 5.06. The minimum Gasteiger partial charge on any atom is -0.325 e. The second-order valence-electron chi connectivity index (χ2n) is 8.23. The number of hydrogen-bond donors (Lipinski definition) is 1. The number of fused-ring (bicyclic) bond motifs is 1. The van der Waals surface area contributed by atoms with Crippen molar-refractivity contribution >= 4 is 56.5 Å². The van der Waals surface area contributed by atoms with E-state index in [-0.39, 0.29) is 17.2 Å². The first-order valence-electron chi connectivity index (χ1n) is 11.1. The molecule has 1 amide bonds. The largest absolute Gasteiger partial charge is 0.325 e. The number of nitrogens with zero attached hydrogens (tertiary/aromatic N) is 2. The highest BCUT2D eigenvalue weighted by molar-refractivity contribution is 7.99. The summed E-state index contributed by atoms with van der Waals surface area (Å²) in [6, 6.07) is 12.9. The lowest BCUT2D eigenvalue weighted by molar-refractivity contribution is -0.113. The van der Waals surface area contributed by atoms with Gasteiger partial charge in [-0.05, 0) is 80.3 Å². The maximum atomic E-state index is 13.7. The van der Waals surface area contributed by atoms with Crippen LogP contribution in [0.3, 0.4) is 0 Å². The summed E-state index contributed by atoms with van der Waals surface area (Å²) in [4.78, 5) is 33.1. The van der Waals surface area contributed by atoms with Crippen molar-refractivity contribution < 1.29 is 4.79 Å². The SMILES string of the molecule is CCCc1sc2nc(SCC(=O)Nc3ccc(C)c(C)c3)n(-c3ccc(Cl)cc3)c(=O)c2c1C. The molecule has 0 saturated carbocycles. The van der Waals surface area contributed by atoms with E-state index in [0.29, 0.717) is 26.1 Å². The van der Waals surface area contributed by atoms with Crippen LogP contribution in [0.5, 0.6) is 0 Å². The third-order valence-corrected chi connectivity index (χ3v) is 8.15. The van der Waals surface area contributed by atoms with Crippen molar-refractivity contribution in [3.8, 4) is 5.69 Å². The number of aryl methyl sites for hydroxylation is 4. The topological polar surface area (TPSA) is 64.0 Å². The Morgan fingerprint density at radius 3 is 2.53 bits per heavy atom. The molecule has 0 unspecified atom stereocenters. The molecular weight excluding hydrogens is 486 g/mol. The number of thiophene rings is 1. The number of anilines is 1. The van der Waals surface area contributed by atoms with Crippen LogP contribution in [0.1, 0.15) is 34.9 Å². The van der Waals surface area contributed by atoms with Crippen LogP contribution in [0.2, 0.25) is 5.02 Å². The highest BCUT2D eigenvalue weighted by Gasteiger charge is 2.20. The number of halogens is 1. The fourth-order valence-electron chi connectivity index (χ4n) is 3.74. The predicted octanol–water partition coefficient (Wildman–Crippen LogP) is 6.71. The van der Waals surface area contributed by atoms with Gasteiger partial charge in [-0.25, -0.2) is 4.98 Å². The molecule has 5 nitrogen and oxygen atoms in total. The van der Waals surface area contributed by atoms with Gasteiger partial charge in [-0.1, -0.05) is 42.8 Å². The van der Waals surface area contributed by atoms with Crippen LogP contribution in [-0.2, 0) is 11.2 Å². The molecule has 2 heterocycles. The highest BCUT2D eigenvalue weighted by atomic mass is 35.5. The number of nitrogens with one attached hydrogen (secondary N) is 1. The Labute approximate surface area is 212 Å². The standard InChI is InChI=1S/C26H26ClN3O2S2/c1-5-6-21-17(4)23-24(34-21)29-26(30(25(23)32)20-11-8-18(27)9-12-20)33-14-22(31)28-19-10-7-15(2)16(3)13-19/h7-13H,5-6,14H2,1-4H3,(H,28,31). The van der Waals surface area contributed by atoms with E-state index in [9.17, 15) is 9.59 Å². The summed E-state index contributed by atoms with van der Waals surface area (Å²) < 4.78 is 1.59. The first-order valence-corrected chi connectivity index (χ1v) is 13.3. The van der Waals surface area contributed by atoms with E-state index in [4.69, 9.17) is 16.6 Å². The van der Waals surface area contributed by atoms with Crippen LogP contribution in [0, 0.1) is 20.8 Å². The van der Waals surface area contributed by atoms with E-state index < -0.39 is 0 Å². The first kappa shape index (κ1) is 24.5. The van der Waals surface area contributed by atoms with Crippen LogP contribution < -0.4 is 10.9 Å². The number of thioether (sulfide) groups is 1. The van der Waals surface area contributed by atoms with Gasteiger partial charge in [0.1, 0.15) is 4.83 Å². The zero-order valence-electron chi connectivity index (χ0n) is 19.6. The number of benzene rings is 2. The van der Waals surface area contributed by atoms with E-state index in [0.717, 1.165) is 29.7 Å². The van der Waals surface area contributed by atoms with Gasteiger partial charge in [-0.15, -0.1) is 11.3 Å². The smallest absolute Gasteiger partial charge is 0.267 e. The van der Waals surface area contributed by atoms with Crippen molar-refractivity contribution in [1.82, 2.24) is 9.55 Å². The van der Waals surface area contributed by atoms with Crippen LogP contribution in [0.25, 0.3) is 15.9 Å².